The van der Waals surface area contributed by atoms with Gasteiger partial charge in [-0.2, -0.15) is 5.10 Å². The van der Waals surface area contributed by atoms with E-state index in [1.54, 1.807) is 11.0 Å². The lowest BCUT2D eigenvalue weighted by Gasteiger charge is -2.15. The molecular formula is C12H13BrClN3. The van der Waals surface area contributed by atoms with E-state index in [0.717, 1.165) is 28.2 Å². The molecule has 2 aromatic rings. The summed E-state index contributed by atoms with van der Waals surface area (Å²) in [4.78, 5) is 4.25. The van der Waals surface area contributed by atoms with Gasteiger partial charge in [-0.25, -0.2) is 4.98 Å². The number of aromatic nitrogens is 3. The Morgan fingerprint density at radius 3 is 2.76 bits per heavy atom. The summed E-state index contributed by atoms with van der Waals surface area (Å²) >= 11 is 9.76. The summed E-state index contributed by atoms with van der Waals surface area (Å²) in [6.07, 6.45) is 2.40. The highest BCUT2D eigenvalue weighted by atomic mass is 79.9. The second kappa shape index (κ2) is 5.65. The molecule has 1 atom stereocenters. The molecule has 0 fully saturated rings. The highest BCUT2D eigenvalue weighted by molar-refractivity contribution is 9.09. The smallest absolute Gasteiger partial charge is 0.138 e. The van der Waals surface area contributed by atoms with Crippen LogP contribution in [0.3, 0.4) is 0 Å². The summed E-state index contributed by atoms with van der Waals surface area (Å²) < 4.78 is 1.80. The SMILES string of the molecule is Cn1ncnc1CC(CBr)c1ccccc1Cl. The van der Waals surface area contributed by atoms with Gasteiger partial charge in [-0.15, -0.1) is 0 Å². The van der Waals surface area contributed by atoms with E-state index in [4.69, 9.17) is 11.6 Å². The normalized spacial score (nSPS) is 12.6. The molecule has 0 aliphatic rings. The van der Waals surface area contributed by atoms with Gasteiger partial charge in [0.15, 0.2) is 0 Å². The number of benzene rings is 1. The molecule has 1 heterocycles. The quantitative estimate of drug-likeness (QED) is 0.812. The van der Waals surface area contributed by atoms with Crippen LogP contribution in [0.4, 0.5) is 0 Å². The fraction of sp³-hybridized carbons (Fsp3) is 0.333. The molecule has 0 saturated heterocycles. The molecule has 0 N–H and O–H groups in total. The first kappa shape index (κ1) is 12.6. The maximum atomic E-state index is 6.21. The standard InChI is InChI=1S/C12H13BrClN3/c1-17-12(15-8-16-17)6-9(7-13)10-4-2-3-5-11(10)14/h2-5,8-9H,6-7H2,1H3. The third-order valence-corrected chi connectivity index (χ3v) is 3.89. The average Bonchev–Trinajstić information content (AvgIpc) is 2.73. The van der Waals surface area contributed by atoms with Crippen molar-refractivity contribution in [2.75, 3.05) is 5.33 Å². The van der Waals surface area contributed by atoms with Crippen LogP contribution in [0.15, 0.2) is 30.6 Å². The van der Waals surface area contributed by atoms with Gasteiger partial charge in [-0.05, 0) is 11.6 Å². The van der Waals surface area contributed by atoms with Crippen LogP contribution in [0.2, 0.25) is 5.02 Å². The molecule has 1 unspecified atom stereocenters. The molecule has 0 radical (unpaired) electrons. The predicted molar refractivity (Wildman–Crippen MR) is 72.7 cm³/mol. The van der Waals surface area contributed by atoms with Crippen LogP contribution in [-0.2, 0) is 13.5 Å². The van der Waals surface area contributed by atoms with Crippen molar-refractivity contribution in [2.24, 2.45) is 7.05 Å². The van der Waals surface area contributed by atoms with E-state index in [0.29, 0.717) is 5.92 Å². The second-order valence-electron chi connectivity index (χ2n) is 3.88. The Morgan fingerprint density at radius 1 is 1.41 bits per heavy atom. The van der Waals surface area contributed by atoms with Crippen LogP contribution in [-0.4, -0.2) is 20.1 Å². The summed E-state index contributed by atoms with van der Waals surface area (Å²) in [5, 5.41) is 5.73. The second-order valence-corrected chi connectivity index (χ2v) is 4.93. The van der Waals surface area contributed by atoms with Crippen LogP contribution in [0.25, 0.3) is 0 Å². The van der Waals surface area contributed by atoms with E-state index in [1.165, 1.54) is 0 Å². The van der Waals surface area contributed by atoms with Gasteiger partial charge in [-0.3, -0.25) is 4.68 Å². The van der Waals surface area contributed by atoms with Crippen molar-refractivity contribution in [1.82, 2.24) is 14.8 Å². The molecule has 1 aromatic carbocycles. The number of alkyl halides is 1. The first-order valence-corrected chi connectivity index (χ1v) is 6.85. The van der Waals surface area contributed by atoms with Crippen molar-refractivity contribution in [3.63, 3.8) is 0 Å². The van der Waals surface area contributed by atoms with E-state index < -0.39 is 0 Å². The van der Waals surface area contributed by atoms with Crippen molar-refractivity contribution in [3.05, 3.63) is 47.0 Å². The topological polar surface area (TPSA) is 30.7 Å². The van der Waals surface area contributed by atoms with Gasteiger partial charge in [0.05, 0.1) is 0 Å². The molecule has 2 rings (SSSR count). The molecular weight excluding hydrogens is 302 g/mol. The van der Waals surface area contributed by atoms with Crippen LogP contribution in [0.5, 0.6) is 0 Å². The fourth-order valence-electron chi connectivity index (χ4n) is 1.78. The molecule has 5 heteroatoms. The summed E-state index contributed by atoms with van der Waals surface area (Å²) in [6, 6.07) is 7.93. The Bertz CT molecular complexity index is 498. The van der Waals surface area contributed by atoms with Gasteiger partial charge in [-0.1, -0.05) is 45.7 Å². The van der Waals surface area contributed by atoms with Gasteiger partial charge < -0.3 is 0 Å². The summed E-state index contributed by atoms with van der Waals surface area (Å²) in [6.45, 7) is 0. The average molecular weight is 315 g/mol. The Hall–Kier alpha value is -0.870. The molecule has 1 aromatic heterocycles. The lowest BCUT2D eigenvalue weighted by molar-refractivity contribution is 0.651. The summed E-state index contributed by atoms with van der Waals surface area (Å²) in [5.74, 6) is 1.28. The molecule has 0 spiro atoms. The maximum Gasteiger partial charge on any atom is 0.138 e. The van der Waals surface area contributed by atoms with E-state index >= 15 is 0 Å². The molecule has 3 nitrogen and oxygen atoms in total. The van der Waals surface area contributed by atoms with E-state index in [9.17, 15) is 0 Å². The number of halogens is 2. The monoisotopic (exact) mass is 313 g/mol. The molecule has 17 heavy (non-hydrogen) atoms. The van der Waals surface area contributed by atoms with Gasteiger partial charge in [0.2, 0.25) is 0 Å². The lowest BCUT2D eigenvalue weighted by atomic mass is 9.97. The molecule has 0 aliphatic heterocycles. The van der Waals surface area contributed by atoms with E-state index in [-0.39, 0.29) is 0 Å². The van der Waals surface area contributed by atoms with Gasteiger partial charge in [0, 0.05) is 29.7 Å². The highest BCUT2D eigenvalue weighted by Crippen LogP contribution is 2.28. The lowest BCUT2D eigenvalue weighted by Crippen LogP contribution is -2.09. The third-order valence-electron chi connectivity index (χ3n) is 2.77. The summed E-state index contributed by atoms with van der Waals surface area (Å²) in [7, 11) is 1.90. The third kappa shape index (κ3) is 2.87. The predicted octanol–water partition coefficient (Wildman–Crippen LogP) is 3.19. The number of aryl methyl sites for hydroxylation is 1. The zero-order chi connectivity index (χ0) is 12.3. The minimum absolute atomic E-state index is 0.312. The maximum absolute atomic E-state index is 6.21. The summed E-state index contributed by atoms with van der Waals surface area (Å²) in [5.41, 5.74) is 1.15. The zero-order valence-corrected chi connectivity index (χ0v) is 11.8. The van der Waals surface area contributed by atoms with Crippen molar-refractivity contribution in [1.29, 1.82) is 0 Å². The van der Waals surface area contributed by atoms with Crippen LogP contribution < -0.4 is 0 Å². The Labute approximate surface area is 114 Å². The minimum atomic E-state index is 0.312. The zero-order valence-electron chi connectivity index (χ0n) is 9.48. The minimum Gasteiger partial charge on any atom is -0.253 e. The molecule has 0 aliphatic carbocycles. The van der Waals surface area contributed by atoms with Crippen LogP contribution in [0, 0.1) is 0 Å². The highest BCUT2D eigenvalue weighted by Gasteiger charge is 2.16. The first-order valence-electron chi connectivity index (χ1n) is 5.35. The Morgan fingerprint density at radius 2 is 2.18 bits per heavy atom. The van der Waals surface area contributed by atoms with Crippen molar-refractivity contribution < 1.29 is 0 Å². The van der Waals surface area contributed by atoms with E-state index in [1.807, 2.05) is 25.2 Å². The molecule has 90 valence electrons. The van der Waals surface area contributed by atoms with Crippen molar-refractivity contribution >= 4 is 27.5 Å². The Balaban J connectivity index is 2.23. The number of hydrogen-bond acceptors (Lipinski definition) is 2. The Kier molecular flexibility index (Phi) is 4.18. The molecule has 0 saturated carbocycles. The largest absolute Gasteiger partial charge is 0.253 e. The van der Waals surface area contributed by atoms with Crippen LogP contribution >= 0.6 is 27.5 Å². The fourth-order valence-corrected chi connectivity index (χ4v) is 2.65. The number of nitrogens with zero attached hydrogens (tertiary/aromatic N) is 3. The number of rotatable bonds is 4. The first-order chi connectivity index (χ1) is 8.22. The number of hydrogen-bond donors (Lipinski definition) is 0. The van der Waals surface area contributed by atoms with Crippen molar-refractivity contribution in [3.8, 4) is 0 Å². The molecule has 0 bridgehead atoms. The van der Waals surface area contributed by atoms with Gasteiger partial charge >= 0.3 is 0 Å². The van der Waals surface area contributed by atoms with Crippen LogP contribution in [0.1, 0.15) is 17.3 Å². The van der Waals surface area contributed by atoms with Gasteiger partial charge in [0.1, 0.15) is 12.2 Å². The van der Waals surface area contributed by atoms with Gasteiger partial charge in [0.25, 0.3) is 0 Å². The molecule has 0 amide bonds. The van der Waals surface area contributed by atoms with Crippen molar-refractivity contribution in [2.45, 2.75) is 12.3 Å². The van der Waals surface area contributed by atoms with E-state index in [2.05, 4.69) is 32.1 Å².